The summed E-state index contributed by atoms with van der Waals surface area (Å²) < 4.78 is 16.6. The van der Waals surface area contributed by atoms with Gasteiger partial charge in [-0.25, -0.2) is 0 Å². The van der Waals surface area contributed by atoms with Gasteiger partial charge in [-0.2, -0.15) is 0 Å². The average Bonchev–Trinajstić information content (AvgIpc) is 3.29. The highest BCUT2D eigenvalue weighted by Crippen LogP contribution is 2.16. The Morgan fingerprint density at radius 1 is 0.328 bits per heavy atom. The molecule has 0 aromatic rings. The van der Waals surface area contributed by atoms with Gasteiger partial charge in [0.15, 0.2) is 6.10 Å². The number of esters is 3. The maximum Gasteiger partial charge on any atom is 0.306 e. The van der Waals surface area contributed by atoms with Gasteiger partial charge in [0.05, 0.1) is 0 Å². The van der Waals surface area contributed by atoms with Crippen LogP contribution in [0.15, 0.2) is 72.9 Å². The van der Waals surface area contributed by atoms with E-state index in [4.69, 9.17) is 14.2 Å². The summed E-state index contributed by atoms with van der Waals surface area (Å²) in [5.74, 6) is -0.993. The van der Waals surface area contributed by atoms with E-state index in [1.54, 1.807) is 0 Å². The van der Waals surface area contributed by atoms with Crippen molar-refractivity contribution in [3.8, 4) is 0 Å². The van der Waals surface area contributed by atoms with Gasteiger partial charge >= 0.3 is 17.9 Å². The molecule has 0 aliphatic heterocycles. The molecule has 1 atom stereocenters. The number of carbonyl (C=O) groups excluding carboxylic acids is 3. The molecule has 0 saturated carbocycles. The quantitative estimate of drug-likeness (QED) is 0.0262. The Balaban J connectivity index is 4.26. The SMILES string of the molecule is CC/C=C\C/C=C\C/C=C\C/C=C\C/C=C\C/C=C\CCC(=O)OC(COC(=O)CCCCCCCC)COC(=O)CCCCCCCCCCCCCCCCCCCCCCC. The monoisotopic (exact) mass is 893 g/mol. The fourth-order valence-electron chi connectivity index (χ4n) is 7.47. The number of carbonyl (C=O) groups is 3. The largest absolute Gasteiger partial charge is 0.462 e. The first kappa shape index (κ1) is 60.9. The van der Waals surface area contributed by atoms with Gasteiger partial charge < -0.3 is 14.2 Å². The minimum atomic E-state index is -0.810. The van der Waals surface area contributed by atoms with Crippen LogP contribution in [0.5, 0.6) is 0 Å². The van der Waals surface area contributed by atoms with Gasteiger partial charge in [0.25, 0.3) is 0 Å². The van der Waals surface area contributed by atoms with E-state index in [1.165, 1.54) is 135 Å². The topological polar surface area (TPSA) is 78.9 Å². The predicted molar refractivity (Wildman–Crippen MR) is 274 cm³/mol. The second-order valence-electron chi connectivity index (χ2n) is 17.8. The third-order valence-corrected chi connectivity index (χ3v) is 11.5. The summed E-state index contributed by atoms with van der Waals surface area (Å²) in [6.45, 7) is 6.42. The average molecular weight is 893 g/mol. The van der Waals surface area contributed by atoms with Crippen LogP contribution in [0.3, 0.4) is 0 Å². The van der Waals surface area contributed by atoms with Crippen molar-refractivity contribution in [3.05, 3.63) is 72.9 Å². The van der Waals surface area contributed by atoms with E-state index >= 15 is 0 Å². The maximum atomic E-state index is 12.7. The Bertz CT molecular complexity index is 1210. The van der Waals surface area contributed by atoms with Gasteiger partial charge in [-0.3, -0.25) is 14.4 Å². The molecule has 0 aromatic heterocycles. The lowest BCUT2D eigenvalue weighted by Gasteiger charge is -2.18. The van der Waals surface area contributed by atoms with Crippen LogP contribution in [-0.2, 0) is 28.6 Å². The van der Waals surface area contributed by atoms with Gasteiger partial charge in [-0.05, 0) is 57.8 Å². The van der Waals surface area contributed by atoms with Crippen LogP contribution in [0.1, 0.15) is 258 Å². The standard InChI is InChI=1S/C58H100O6/c1-4-7-10-13-16-18-20-22-24-26-28-29-31-32-34-36-38-40-42-45-48-51-57(60)63-54-55(53-62-56(59)50-47-44-15-12-9-6-3)64-58(61)52-49-46-43-41-39-37-35-33-30-27-25-23-21-19-17-14-11-8-5-2/h8,11,17,19,23,25,30,33,37,39,43,46,55H,4-7,9-10,12-16,18,20-22,24,26-29,31-32,34-36,38,40-42,44-45,47-54H2,1-3H3/b11-8-,19-17-,25-23-,33-30-,39-37-,46-43-. The van der Waals surface area contributed by atoms with Crippen LogP contribution < -0.4 is 0 Å². The fourth-order valence-corrected chi connectivity index (χ4v) is 7.47. The molecule has 0 aliphatic rings. The molecule has 0 amide bonds. The molecule has 0 rings (SSSR count). The van der Waals surface area contributed by atoms with E-state index in [0.29, 0.717) is 19.3 Å². The Kier molecular flexibility index (Phi) is 49.9. The molecular weight excluding hydrogens is 793 g/mol. The minimum Gasteiger partial charge on any atom is -0.462 e. The first-order valence-corrected chi connectivity index (χ1v) is 26.9. The molecule has 0 aliphatic carbocycles. The molecule has 0 heterocycles. The number of rotatable bonds is 48. The smallest absolute Gasteiger partial charge is 0.306 e. The molecule has 0 saturated heterocycles. The lowest BCUT2D eigenvalue weighted by molar-refractivity contribution is -0.166. The fraction of sp³-hybridized carbons (Fsp3) is 0.741. The Labute approximate surface area is 395 Å². The van der Waals surface area contributed by atoms with E-state index in [0.717, 1.165) is 77.0 Å². The Morgan fingerprint density at radius 3 is 0.922 bits per heavy atom. The van der Waals surface area contributed by atoms with E-state index in [2.05, 4.69) is 81.5 Å². The summed E-state index contributed by atoms with van der Waals surface area (Å²) in [5.41, 5.74) is 0. The third kappa shape index (κ3) is 49.9. The van der Waals surface area contributed by atoms with Gasteiger partial charge in [0, 0.05) is 19.3 Å². The second kappa shape index (κ2) is 52.5. The molecule has 368 valence electrons. The van der Waals surface area contributed by atoms with Crippen molar-refractivity contribution in [2.45, 2.75) is 264 Å². The zero-order chi connectivity index (χ0) is 46.5. The van der Waals surface area contributed by atoms with Crippen LogP contribution in [0.2, 0.25) is 0 Å². The van der Waals surface area contributed by atoms with Crippen LogP contribution in [0.4, 0.5) is 0 Å². The molecule has 0 bridgehead atoms. The predicted octanol–water partition coefficient (Wildman–Crippen LogP) is 17.8. The van der Waals surface area contributed by atoms with Gasteiger partial charge in [-0.15, -0.1) is 0 Å². The normalized spacial score (nSPS) is 12.6. The van der Waals surface area contributed by atoms with E-state index in [-0.39, 0.29) is 31.6 Å². The number of ether oxygens (including phenoxy) is 3. The highest BCUT2D eigenvalue weighted by molar-refractivity contribution is 5.71. The molecule has 6 heteroatoms. The second-order valence-corrected chi connectivity index (χ2v) is 17.8. The van der Waals surface area contributed by atoms with Crippen molar-refractivity contribution >= 4 is 17.9 Å². The number of unbranched alkanes of at least 4 members (excludes halogenated alkanes) is 25. The lowest BCUT2D eigenvalue weighted by atomic mass is 10.0. The maximum absolute atomic E-state index is 12.7. The van der Waals surface area contributed by atoms with Crippen LogP contribution >= 0.6 is 0 Å². The molecule has 0 spiro atoms. The summed E-state index contributed by atoms with van der Waals surface area (Å²) in [5, 5.41) is 0. The summed E-state index contributed by atoms with van der Waals surface area (Å²) in [7, 11) is 0. The zero-order valence-corrected chi connectivity index (χ0v) is 42.0. The first-order valence-electron chi connectivity index (χ1n) is 26.9. The van der Waals surface area contributed by atoms with E-state index in [1.807, 2.05) is 12.2 Å². The number of hydrogen-bond donors (Lipinski definition) is 0. The van der Waals surface area contributed by atoms with Crippen molar-refractivity contribution in [3.63, 3.8) is 0 Å². The molecule has 6 nitrogen and oxygen atoms in total. The van der Waals surface area contributed by atoms with E-state index in [9.17, 15) is 14.4 Å². The highest BCUT2D eigenvalue weighted by Gasteiger charge is 2.19. The summed E-state index contributed by atoms with van der Waals surface area (Å²) in [6, 6.07) is 0. The van der Waals surface area contributed by atoms with Gasteiger partial charge in [0.1, 0.15) is 13.2 Å². The molecule has 1 unspecified atom stereocenters. The van der Waals surface area contributed by atoms with Crippen LogP contribution in [0.25, 0.3) is 0 Å². The third-order valence-electron chi connectivity index (χ3n) is 11.5. The van der Waals surface area contributed by atoms with Crippen molar-refractivity contribution < 1.29 is 28.6 Å². The van der Waals surface area contributed by atoms with Crippen LogP contribution in [0, 0.1) is 0 Å². The minimum absolute atomic E-state index is 0.103. The van der Waals surface area contributed by atoms with Crippen molar-refractivity contribution in [2.24, 2.45) is 0 Å². The first-order chi connectivity index (χ1) is 31.5. The van der Waals surface area contributed by atoms with E-state index < -0.39 is 12.1 Å². The van der Waals surface area contributed by atoms with Crippen LogP contribution in [-0.4, -0.2) is 37.2 Å². The molecule has 0 N–H and O–H groups in total. The summed E-state index contributed by atoms with van der Waals surface area (Å²) in [4.78, 5) is 37.7. The molecule has 64 heavy (non-hydrogen) atoms. The van der Waals surface area contributed by atoms with Gasteiger partial charge in [0.2, 0.25) is 0 Å². The summed E-state index contributed by atoms with van der Waals surface area (Å²) >= 11 is 0. The zero-order valence-electron chi connectivity index (χ0n) is 42.0. The molecule has 0 fully saturated rings. The van der Waals surface area contributed by atoms with Gasteiger partial charge in [-0.1, -0.05) is 254 Å². The molecule has 0 aromatic carbocycles. The Hall–Kier alpha value is -3.15. The van der Waals surface area contributed by atoms with Crippen molar-refractivity contribution in [1.82, 2.24) is 0 Å². The Morgan fingerprint density at radius 2 is 0.609 bits per heavy atom. The number of hydrogen-bond acceptors (Lipinski definition) is 6. The highest BCUT2D eigenvalue weighted by atomic mass is 16.6. The lowest BCUT2D eigenvalue weighted by Crippen LogP contribution is -2.30. The molecule has 0 radical (unpaired) electrons. The molecular formula is C58H100O6. The van der Waals surface area contributed by atoms with Crippen molar-refractivity contribution in [1.29, 1.82) is 0 Å². The number of allylic oxidation sites excluding steroid dienone is 12. The summed E-state index contributed by atoms with van der Waals surface area (Å²) in [6.07, 6.45) is 66.5. The van der Waals surface area contributed by atoms with Crippen molar-refractivity contribution in [2.75, 3.05) is 13.2 Å².